The maximum Gasteiger partial charge on any atom is 0.311 e. The normalized spacial score (nSPS) is 21.5. The molecule has 1 unspecified atom stereocenters. The number of aryl methyl sites for hydroxylation is 1. The summed E-state index contributed by atoms with van der Waals surface area (Å²) in [5.41, 5.74) is 1.55. The molecule has 0 amide bonds. The van der Waals surface area contributed by atoms with E-state index in [4.69, 9.17) is 4.74 Å². The Kier molecular flexibility index (Phi) is 2.86. The summed E-state index contributed by atoms with van der Waals surface area (Å²) in [6, 6.07) is 5.85. The van der Waals surface area contributed by atoms with Crippen molar-refractivity contribution in [3.8, 4) is 5.75 Å². The lowest BCUT2D eigenvalue weighted by Crippen LogP contribution is -2.37. The minimum absolute atomic E-state index is 0.413. The summed E-state index contributed by atoms with van der Waals surface area (Å²) in [6.07, 6.45) is 1.42. The fourth-order valence-corrected chi connectivity index (χ4v) is 2.34. The third-order valence-electron chi connectivity index (χ3n) is 3.24. The summed E-state index contributed by atoms with van der Waals surface area (Å²) in [5, 5.41) is 9.33. The van der Waals surface area contributed by atoms with Gasteiger partial charge in [-0.3, -0.25) is 4.79 Å². The van der Waals surface area contributed by atoms with E-state index in [-0.39, 0.29) is 0 Å². The van der Waals surface area contributed by atoms with Crippen LogP contribution in [0.3, 0.4) is 0 Å². The van der Waals surface area contributed by atoms with Crippen molar-refractivity contribution in [2.75, 3.05) is 0 Å². The van der Waals surface area contributed by atoms with Gasteiger partial charge in [-0.1, -0.05) is 19.1 Å². The molecule has 1 heterocycles. The van der Waals surface area contributed by atoms with Crippen molar-refractivity contribution in [2.45, 2.75) is 45.1 Å². The average molecular weight is 234 g/mol. The molecule has 2 rings (SSSR count). The lowest BCUT2D eigenvalue weighted by Gasteiger charge is -2.36. The van der Waals surface area contributed by atoms with E-state index >= 15 is 0 Å². The number of hydrogen-bond donors (Lipinski definition) is 1. The maximum absolute atomic E-state index is 11.3. The van der Waals surface area contributed by atoms with Gasteiger partial charge in [-0.15, -0.1) is 0 Å². The molecule has 0 spiro atoms. The first-order valence-corrected chi connectivity index (χ1v) is 5.97. The van der Waals surface area contributed by atoms with Gasteiger partial charge in [-0.25, -0.2) is 0 Å². The predicted octanol–water partition coefficient (Wildman–Crippen LogP) is 2.98. The van der Waals surface area contributed by atoms with Gasteiger partial charge >= 0.3 is 5.97 Å². The van der Waals surface area contributed by atoms with Gasteiger partial charge in [0.25, 0.3) is 0 Å². The number of benzene rings is 1. The van der Waals surface area contributed by atoms with E-state index < -0.39 is 17.5 Å². The second kappa shape index (κ2) is 4.06. The van der Waals surface area contributed by atoms with Crippen LogP contribution in [0.15, 0.2) is 18.2 Å². The summed E-state index contributed by atoms with van der Waals surface area (Å²) in [6.45, 7) is 5.92. The van der Waals surface area contributed by atoms with E-state index in [1.807, 2.05) is 32.0 Å². The summed E-state index contributed by atoms with van der Waals surface area (Å²) in [4.78, 5) is 11.3. The van der Waals surface area contributed by atoms with Crippen molar-refractivity contribution >= 4 is 5.97 Å². The van der Waals surface area contributed by atoms with Crippen LogP contribution >= 0.6 is 0 Å². The molecule has 1 atom stereocenters. The molecule has 92 valence electrons. The standard InChI is InChI=1S/C14H18O3/c1-4-9-5-6-12-10(7-9)11(13(15)16)8-14(2,3)17-12/h5-7,11H,4,8H2,1-3H3,(H,15,16). The van der Waals surface area contributed by atoms with Gasteiger partial charge in [0.1, 0.15) is 11.4 Å². The molecular formula is C14H18O3. The van der Waals surface area contributed by atoms with Crippen LogP contribution < -0.4 is 4.74 Å². The Bertz CT molecular complexity index is 449. The minimum atomic E-state index is -0.768. The van der Waals surface area contributed by atoms with Gasteiger partial charge in [0.05, 0.1) is 5.92 Å². The van der Waals surface area contributed by atoms with Gasteiger partial charge in [0.15, 0.2) is 0 Å². The summed E-state index contributed by atoms with van der Waals surface area (Å²) in [5.74, 6) is -0.512. The van der Waals surface area contributed by atoms with E-state index in [0.29, 0.717) is 12.2 Å². The molecule has 17 heavy (non-hydrogen) atoms. The van der Waals surface area contributed by atoms with Crippen LogP contribution in [0.2, 0.25) is 0 Å². The summed E-state index contributed by atoms with van der Waals surface area (Å²) in [7, 11) is 0. The highest BCUT2D eigenvalue weighted by atomic mass is 16.5. The van der Waals surface area contributed by atoms with Gasteiger partial charge in [-0.05, 0) is 31.9 Å². The van der Waals surface area contributed by atoms with Crippen LogP contribution in [0.4, 0.5) is 0 Å². The predicted molar refractivity (Wildman–Crippen MR) is 65.5 cm³/mol. The SMILES string of the molecule is CCc1ccc2c(c1)C(C(=O)O)CC(C)(C)O2. The molecule has 1 aliphatic heterocycles. The van der Waals surface area contributed by atoms with Gasteiger partial charge < -0.3 is 9.84 Å². The number of hydrogen-bond acceptors (Lipinski definition) is 2. The van der Waals surface area contributed by atoms with Crippen molar-refractivity contribution in [3.63, 3.8) is 0 Å². The molecular weight excluding hydrogens is 216 g/mol. The van der Waals surface area contributed by atoms with Crippen LogP contribution in [0.25, 0.3) is 0 Å². The Morgan fingerprint density at radius 2 is 2.24 bits per heavy atom. The topological polar surface area (TPSA) is 46.5 Å². The molecule has 1 aliphatic rings. The zero-order valence-electron chi connectivity index (χ0n) is 10.5. The van der Waals surface area contributed by atoms with E-state index in [1.54, 1.807) is 0 Å². The second-order valence-corrected chi connectivity index (χ2v) is 5.18. The maximum atomic E-state index is 11.3. The fraction of sp³-hybridized carbons (Fsp3) is 0.500. The number of ether oxygens (including phenoxy) is 1. The Morgan fingerprint density at radius 3 is 2.82 bits per heavy atom. The highest BCUT2D eigenvalue weighted by Gasteiger charge is 2.37. The molecule has 0 bridgehead atoms. The first kappa shape index (κ1) is 12.0. The zero-order valence-corrected chi connectivity index (χ0v) is 10.5. The number of aliphatic carboxylic acids is 1. The lowest BCUT2D eigenvalue weighted by atomic mass is 9.83. The van der Waals surface area contributed by atoms with Crippen LogP contribution in [0, 0.1) is 0 Å². The molecule has 1 aromatic carbocycles. The molecule has 0 aromatic heterocycles. The Labute approximate surface area is 101 Å². The van der Waals surface area contributed by atoms with Crippen molar-refractivity contribution in [2.24, 2.45) is 0 Å². The molecule has 3 heteroatoms. The van der Waals surface area contributed by atoms with E-state index in [2.05, 4.69) is 6.92 Å². The lowest BCUT2D eigenvalue weighted by molar-refractivity contribution is -0.140. The summed E-state index contributed by atoms with van der Waals surface area (Å²) >= 11 is 0. The third-order valence-corrected chi connectivity index (χ3v) is 3.24. The Balaban J connectivity index is 2.49. The summed E-state index contributed by atoms with van der Waals surface area (Å²) < 4.78 is 5.84. The van der Waals surface area contributed by atoms with Crippen molar-refractivity contribution in [1.29, 1.82) is 0 Å². The first-order valence-electron chi connectivity index (χ1n) is 5.97. The largest absolute Gasteiger partial charge is 0.488 e. The van der Waals surface area contributed by atoms with Gasteiger partial charge in [0, 0.05) is 12.0 Å². The molecule has 0 fully saturated rings. The molecule has 3 nitrogen and oxygen atoms in total. The van der Waals surface area contributed by atoms with E-state index in [9.17, 15) is 9.90 Å². The molecule has 0 radical (unpaired) electrons. The van der Waals surface area contributed by atoms with E-state index in [0.717, 1.165) is 17.5 Å². The quantitative estimate of drug-likeness (QED) is 0.855. The molecule has 0 aliphatic carbocycles. The third kappa shape index (κ3) is 2.28. The van der Waals surface area contributed by atoms with Gasteiger partial charge in [-0.2, -0.15) is 0 Å². The minimum Gasteiger partial charge on any atom is -0.488 e. The monoisotopic (exact) mass is 234 g/mol. The van der Waals surface area contributed by atoms with Crippen molar-refractivity contribution < 1.29 is 14.6 Å². The second-order valence-electron chi connectivity index (χ2n) is 5.18. The van der Waals surface area contributed by atoms with Crippen LogP contribution in [-0.2, 0) is 11.2 Å². The number of rotatable bonds is 2. The highest BCUT2D eigenvalue weighted by molar-refractivity contribution is 5.78. The fourth-order valence-electron chi connectivity index (χ4n) is 2.34. The van der Waals surface area contributed by atoms with Crippen molar-refractivity contribution in [3.05, 3.63) is 29.3 Å². The molecule has 1 N–H and O–H groups in total. The van der Waals surface area contributed by atoms with Crippen LogP contribution in [0.1, 0.15) is 44.2 Å². The zero-order chi connectivity index (χ0) is 12.6. The Morgan fingerprint density at radius 1 is 1.53 bits per heavy atom. The van der Waals surface area contributed by atoms with Crippen molar-refractivity contribution in [1.82, 2.24) is 0 Å². The molecule has 0 saturated carbocycles. The van der Waals surface area contributed by atoms with E-state index in [1.165, 1.54) is 0 Å². The molecule has 0 saturated heterocycles. The smallest absolute Gasteiger partial charge is 0.311 e. The number of carbonyl (C=O) groups is 1. The number of fused-ring (bicyclic) bond motifs is 1. The first-order chi connectivity index (χ1) is 7.93. The van der Waals surface area contributed by atoms with Crippen LogP contribution in [0.5, 0.6) is 5.75 Å². The highest BCUT2D eigenvalue weighted by Crippen LogP contribution is 2.41. The van der Waals surface area contributed by atoms with Crippen LogP contribution in [-0.4, -0.2) is 16.7 Å². The Hall–Kier alpha value is -1.51. The number of carboxylic acids is 1. The molecule has 1 aromatic rings. The average Bonchev–Trinajstić information content (AvgIpc) is 2.26. The number of carboxylic acid groups (broad SMARTS) is 1. The van der Waals surface area contributed by atoms with Gasteiger partial charge in [0.2, 0.25) is 0 Å².